The number of pyridine rings is 1. The van der Waals surface area contributed by atoms with Crippen molar-refractivity contribution >= 4 is 40.1 Å². The van der Waals surface area contributed by atoms with E-state index in [0.29, 0.717) is 16.6 Å². The summed E-state index contributed by atoms with van der Waals surface area (Å²) in [6, 6.07) is 6.67. The number of hydrogen-bond acceptors (Lipinski definition) is 4. The Labute approximate surface area is 162 Å². The van der Waals surface area contributed by atoms with Gasteiger partial charge in [0.15, 0.2) is 0 Å². The van der Waals surface area contributed by atoms with Gasteiger partial charge in [0.1, 0.15) is 5.65 Å². The predicted molar refractivity (Wildman–Crippen MR) is 102 cm³/mol. The molecule has 2 N–H and O–H groups in total. The molecule has 0 saturated carbocycles. The number of rotatable bonds is 2. The smallest absolute Gasteiger partial charge is 0.327 e. The number of carbonyl (C=O) groups is 1. The first-order valence-corrected chi connectivity index (χ1v) is 9.08. The summed E-state index contributed by atoms with van der Waals surface area (Å²) < 4.78 is 0. The number of halogens is 2. The maximum Gasteiger partial charge on any atom is 0.327 e. The Hall–Kier alpha value is -2.64. The number of nitrogens with zero attached hydrogens (tertiary/aromatic N) is 2. The summed E-state index contributed by atoms with van der Waals surface area (Å²) in [5, 5.41) is 1.06. The summed E-state index contributed by atoms with van der Waals surface area (Å²) >= 11 is 12.1. The summed E-state index contributed by atoms with van der Waals surface area (Å²) in [5.41, 5.74) is 0.109. The van der Waals surface area contributed by atoms with Gasteiger partial charge in [-0.3, -0.25) is 19.6 Å². The van der Waals surface area contributed by atoms with Gasteiger partial charge in [-0.05, 0) is 36.6 Å². The first-order valence-electron chi connectivity index (χ1n) is 8.32. The number of likely N-dealkylation sites (tertiary alicyclic amines) is 1. The molecule has 7 nitrogen and oxygen atoms in total. The molecule has 1 amide bonds. The molecule has 1 saturated heterocycles. The number of benzene rings is 1. The van der Waals surface area contributed by atoms with Gasteiger partial charge >= 0.3 is 5.69 Å². The number of nitrogens with one attached hydrogen (secondary N) is 2. The zero-order valence-corrected chi connectivity index (χ0v) is 15.5. The second kappa shape index (κ2) is 6.83. The van der Waals surface area contributed by atoms with E-state index in [1.165, 1.54) is 12.3 Å². The third kappa shape index (κ3) is 3.24. The molecule has 0 radical (unpaired) electrons. The van der Waals surface area contributed by atoms with Crippen molar-refractivity contribution < 1.29 is 4.79 Å². The minimum Gasteiger partial charge on any atom is -0.332 e. The highest BCUT2D eigenvalue weighted by atomic mass is 35.5. The van der Waals surface area contributed by atoms with Crippen molar-refractivity contribution in [1.29, 1.82) is 0 Å². The fourth-order valence-electron chi connectivity index (χ4n) is 3.41. The van der Waals surface area contributed by atoms with Crippen LogP contribution in [-0.4, -0.2) is 32.3 Å². The minimum absolute atomic E-state index is 0.128. The van der Waals surface area contributed by atoms with Gasteiger partial charge < -0.3 is 4.90 Å². The largest absolute Gasteiger partial charge is 0.332 e. The van der Waals surface area contributed by atoms with Crippen LogP contribution in [0.1, 0.15) is 34.8 Å². The van der Waals surface area contributed by atoms with Gasteiger partial charge in [0.05, 0.1) is 27.0 Å². The molecule has 9 heteroatoms. The average molecular weight is 405 g/mol. The molecule has 1 fully saturated rings. The van der Waals surface area contributed by atoms with Crippen molar-refractivity contribution in [1.82, 2.24) is 19.9 Å². The number of amides is 1. The first-order chi connectivity index (χ1) is 12.9. The third-order valence-corrected chi connectivity index (χ3v) is 5.42. The van der Waals surface area contributed by atoms with Crippen molar-refractivity contribution in [3.05, 3.63) is 72.5 Å². The fraction of sp³-hybridized carbons (Fsp3) is 0.222. The Bertz CT molecular complexity index is 1170. The monoisotopic (exact) mass is 404 g/mol. The highest BCUT2D eigenvalue weighted by molar-refractivity contribution is 6.42. The predicted octanol–water partition coefficient (Wildman–Crippen LogP) is 2.90. The Kier molecular flexibility index (Phi) is 4.49. The third-order valence-electron chi connectivity index (χ3n) is 4.68. The summed E-state index contributed by atoms with van der Waals surface area (Å²) in [6.07, 6.45) is 3.02. The van der Waals surface area contributed by atoms with Crippen LogP contribution in [0.2, 0.25) is 10.0 Å². The highest BCUT2D eigenvalue weighted by Crippen LogP contribution is 2.35. The van der Waals surface area contributed by atoms with Gasteiger partial charge in [0.2, 0.25) is 0 Å². The molecular weight excluding hydrogens is 391 g/mol. The topological polar surface area (TPSA) is 98.9 Å². The van der Waals surface area contributed by atoms with E-state index in [9.17, 15) is 14.4 Å². The summed E-state index contributed by atoms with van der Waals surface area (Å²) in [7, 11) is 0. The highest BCUT2D eigenvalue weighted by Gasteiger charge is 2.31. The van der Waals surface area contributed by atoms with Gasteiger partial charge in [0, 0.05) is 12.7 Å². The van der Waals surface area contributed by atoms with Gasteiger partial charge in [0.25, 0.3) is 11.5 Å². The van der Waals surface area contributed by atoms with Crippen molar-refractivity contribution in [2.45, 2.75) is 18.9 Å². The molecule has 1 aliphatic heterocycles. The van der Waals surface area contributed by atoms with Gasteiger partial charge in [-0.15, -0.1) is 0 Å². The van der Waals surface area contributed by atoms with Crippen LogP contribution < -0.4 is 11.2 Å². The number of carbonyl (C=O) groups excluding carboxylic acids is 1. The van der Waals surface area contributed by atoms with E-state index >= 15 is 0 Å². The Morgan fingerprint density at radius 2 is 1.96 bits per heavy atom. The maximum atomic E-state index is 13.0. The zero-order valence-electron chi connectivity index (χ0n) is 14.0. The second-order valence-corrected chi connectivity index (χ2v) is 7.17. The molecule has 138 valence electrons. The van der Waals surface area contributed by atoms with Crippen LogP contribution in [-0.2, 0) is 0 Å². The van der Waals surface area contributed by atoms with E-state index in [-0.39, 0.29) is 28.5 Å². The molecule has 0 aliphatic carbocycles. The lowest BCUT2D eigenvalue weighted by molar-refractivity contribution is 0.0735. The van der Waals surface area contributed by atoms with Crippen molar-refractivity contribution in [2.24, 2.45) is 0 Å². The van der Waals surface area contributed by atoms with Gasteiger partial charge in [-0.25, -0.2) is 9.78 Å². The van der Waals surface area contributed by atoms with Crippen LogP contribution in [0.5, 0.6) is 0 Å². The number of H-pyrrole nitrogens is 2. The Balaban J connectivity index is 1.71. The number of hydrogen-bond donors (Lipinski definition) is 2. The Morgan fingerprint density at radius 1 is 1.15 bits per heavy atom. The lowest BCUT2D eigenvalue weighted by atomic mass is 10.0. The number of aromatic amines is 2. The molecule has 1 unspecified atom stereocenters. The normalized spacial score (nSPS) is 16.8. The molecule has 3 heterocycles. The Morgan fingerprint density at radius 3 is 2.74 bits per heavy atom. The fourth-order valence-corrected chi connectivity index (χ4v) is 3.71. The van der Waals surface area contributed by atoms with Crippen LogP contribution in [0.3, 0.4) is 0 Å². The van der Waals surface area contributed by atoms with Crippen LogP contribution in [0.4, 0.5) is 0 Å². The van der Waals surface area contributed by atoms with Crippen LogP contribution in [0.15, 0.2) is 40.1 Å². The zero-order chi connectivity index (χ0) is 19.1. The van der Waals surface area contributed by atoms with Crippen molar-refractivity contribution in [3.63, 3.8) is 0 Å². The maximum absolute atomic E-state index is 13.0. The number of aromatic nitrogens is 3. The lowest BCUT2D eigenvalue weighted by Crippen LogP contribution is -2.31. The molecule has 1 aliphatic rings. The lowest BCUT2D eigenvalue weighted by Gasteiger charge is -2.25. The van der Waals surface area contributed by atoms with E-state index in [1.807, 2.05) is 6.07 Å². The first kappa shape index (κ1) is 17.8. The molecule has 1 atom stereocenters. The SMILES string of the molecule is O=C(c1cnc2[nH]c(=O)[nH]c(=O)c2c1)N1CCCC1c1ccc(Cl)c(Cl)c1. The minimum atomic E-state index is -0.640. The van der Waals surface area contributed by atoms with Gasteiger partial charge in [-0.2, -0.15) is 0 Å². The molecule has 0 bridgehead atoms. The standard InChI is InChI=1S/C18H14Cl2N4O3/c19-12-4-3-9(7-13(12)20)14-2-1-5-24(14)17(26)10-6-11-15(21-8-10)22-18(27)23-16(11)25/h3-4,6-8,14H,1-2,5H2,(H2,21,22,23,25,27). The van der Waals surface area contributed by atoms with E-state index in [0.717, 1.165) is 18.4 Å². The van der Waals surface area contributed by atoms with Crippen LogP contribution in [0.25, 0.3) is 11.0 Å². The van der Waals surface area contributed by atoms with E-state index < -0.39 is 11.2 Å². The average Bonchev–Trinajstić information content (AvgIpc) is 3.13. The molecule has 1 aromatic carbocycles. The van der Waals surface area contributed by atoms with E-state index in [1.54, 1.807) is 17.0 Å². The van der Waals surface area contributed by atoms with E-state index in [2.05, 4.69) is 15.0 Å². The summed E-state index contributed by atoms with van der Waals surface area (Å²) in [5.74, 6) is -0.233. The molecule has 27 heavy (non-hydrogen) atoms. The van der Waals surface area contributed by atoms with Crippen molar-refractivity contribution in [2.75, 3.05) is 6.54 Å². The number of fused-ring (bicyclic) bond motifs is 1. The van der Waals surface area contributed by atoms with Crippen molar-refractivity contribution in [3.8, 4) is 0 Å². The summed E-state index contributed by atoms with van der Waals surface area (Å²) in [6.45, 7) is 0.587. The van der Waals surface area contributed by atoms with Crippen LogP contribution in [0, 0.1) is 0 Å². The van der Waals surface area contributed by atoms with Crippen LogP contribution >= 0.6 is 23.2 Å². The quantitative estimate of drug-likeness (QED) is 0.685. The summed E-state index contributed by atoms with van der Waals surface area (Å²) in [4.78, 5) is 46.7. The molecule has 4 rings (SSSR count). The second-order valence-electron chi connectivity index (χ2n) is 6.36. The molecule has 2 aromatic heterocycles. The molecular formula is C18H14Cl2N4O3. The van der Waals surface area contributed by atoms with Gasteiger partial charge in [-0.1, -0.05) is 29.3 Å². The van der Waals surface area contributed by atoms with E-state index in [4.69, 9.17) is 23.2 Å². The molecule has 3 aromatic rings. The molecule has 0 spiro atoms.